The van der Waals surface area contributed by atoms with Crippen LogP contribution in [0.2, 0.25) is 0 Å². The molecule has 102 valence electrons. The molecule has 0 spiro atoms. The van der Waals surface area contributed by atoms with Crippen LogP contribution in [0.15, 0.2) is 42.5 Å². The number of hydrogen-bond acceptors (Lipinski definition) is 3. The van der Waals surface area contributed by atoms with Gasteiger partial charge in [-0.2, -0.15) is 0 Å². The fraction of sp³-hybridized carbons (Fsp3) is 0.0667. The predicted molar refractivity (Wildman–Crippen MR) is 78.5 cm³/mol. The lowest BCUT2D eigenvalue weighted by molar-refractivity contribution is 0.0996. The molecule has 0 aliphatic rings. The van der Waals surface area contributed by atoms with Crippen molar-refractivity contribution in [2.24, 2.45) is 5.73 Å². The van der Waals surface area contributed by atoms with Crippen LogP contribution < -0.4 is 16.8 Å². The van der Waals surface area contributed by atoms with Crippen LogP contribution in [0.25, 0.3) is 0 Å². The molecule has 5 nitrogen and oxygen atoms in total. The first kappa shape index (κ1) is 13.6. The Balaban J connectivity index is 2.21. The minimum atomic E-state index is -0.538. The van der Waals surface area contributed by atoms with Crippen LogP contribution in [0, 0.1) is 6.92 Å². The third-order valence-electron chi connectivity index (χ3n) is 2.94. The number of hydrogen-bond donors (Lipinski definition) is 3. The van der Waals surface area contributed by atoms with E-state index in [-0.39, 0.29) is 5.91 Å². The average Bonchev–Trinajstić information content (AvgIpc) is 2.42. The summed E-state index contributed by atoms with van der Waals surface area (Å²) in [6.07, 6.45) is 0. The minimum Gasteiger partial charge on any atom is -0.399 e. The molecule has 0 unspecified atom stereocenters. The molecule has 2 rings (SSSR count). The molecule has 2 aromatic rings. The number of aryl methyl sites for hydroxylation is 1. The molecule has 0 atom stereocenters. The second kappa shape index (κ2) is 5.44. The first-order valence-corrected chi connectivity index (χ1v) is 6.04. The highest BCUT2D eigenvalue weighted by molar-refractivity contribution is 6.05. The lowest BCUT2D eigenvalue weighted by atomic mass is 10.1. The third-order valence-corrected chi connectivity index (χ3v) is 2.94. The number of amides is 2. The van der Waals surface area contributed by atoms with E-state index in [4.69, 9.17) is 11.5 Å². The number of nitrogens with one attached hydrogen (secondary N) is 1. The Hall–Kier alpha value is -2.82. The summed E-state index contributed by atoms with van der Waals surface area (Å²) in [5, 5.41) is 2.71. The summed E-state index contributed by atoms with van der Waals surface area (Å²) in [6, 6.07) is 11.5. The Morgan fingerprint density at radius 3 is 2.45 bits per heavy atom. The van der Waals surface area contributed by atoms with Crippen LogP contribution in [0.3, 0.4) is 0 Å². The third kappa shape index (κ3) is 2.95. The SMILES string of the molecule is Cc1cc(C(=O)Nc2cccc(C(N)=O)c2)ccc1N. The van der Waals surface area contributed by atoms with E-state index >= 15 is 0 Å². The van der Waals surface area contributed by atoms with E-state index < -0.39 is 5.91 Å². The van der Waals surface area contributed by atoms with Gasteiger partial charge in [0.15, 0.2) is 0 Å². The van der Waals surface area contributed by atoms with Gasteiger partial charge in [-0.25, -0.2) is 0 Å². The van der Waals surface area contributed by atoms with Crippen molar-refractivity contribution >= 4 is 23.2 Å². The number of nitrogen functional groups attached to an aromatic ring is 1. The summed E-state index contributed by atoms with van der Waals surface area (Å²) in [4.78, 5) is 23.2. The quantitative estimate of drug-likeness (QED) is 0.742. The molecule has 0 saturated heterocycles. The van der Waals surface area contributed by atoms with E-state index in [0.717, 1.165) is 5.56 Å². The number of primary amides is 1. The van der Waals surface area contributed by atoms with Gasteiger partial charge in [-0.15, -0.1) is 0 Å². The molecule has 0 aliphatic heterocycles. The highest BCUT2D eigenvalue weighted by atomic mass is 16.2. The molecule has 5 N–H and O–H groups in total. The summed E-state index contributed by atoms with van der Waals surface area (Å²) in [5.74, 6) is -0.806. The van der Waals surface area contributed by atoms with E-state index in [9.17, 15) is 9.59 Å². The second-order valence-electron chi connectivity index (χ2n) is 4.47. The molecule has 0 heterocycles. The van der Waals surface area contributed by atoms with Crippen molar-refractivity contribution in [3.63, 3.8) is 0 Å². The summed E-state index contributed by atoms with van der Waals surface area (Å²) in [5.41, 5.74) is 13.7. The molecule has 0 fully saturated rings. The zero-order valence-corrected chi connectivity index (χ0v) is 11.0. The van der Waals surface area contributed by atoms with Crippen molar-refractivity contribution in [1.29, 1.82) is 0 Å². The van der Waals surface area contributed by atoms with Crippen molar-refractivity contribution < 1.29 is 9.59 Å². The van der Waals surface area contributed by atoms with E-state index in [2.05, 4.69) is 5.32 Å². The first-order chi connectivity index (χ1) is 9.47. The second-order valence-corrected chi connectivity index (χ2v) is 4.47. The summed E-state index contributed by atoms with van der Waals surface area (Å²) in [7, 11) is 0. The summed E-state index contributed by atoms with van der Waals surface area (Å²) < 4.78 is 0. The normalized spacial score (nSPS) is 10.1. The monoisotopic (exact) mass is 269 g/mol. The lowest BCUT2D eigenvalue weighted by Crippen LogP contribution is -2.14. The van der Waals surface area contributed by atoms with Gasteiger partial charge >= 0.3 is 0 Å². The van der Waals surface area contributed by atoms with Gasteiger partial charge in [0.25, 0.3) is 5.91 Å². The Labute approximate surface area is 116 Å². The van der Waals surface area contributed by atoms with Crippen LogP contribution in [0.1, 0.15) is 26.3 Å². The van der Waals surface area contributed by atoms with E-state index in [1.165, 1.54) is 6.07 Å². The number of rotatable bonds is 3. The maximum atomic E-state index is 12.1. The largest absolute Gasteiger partial charge is 0.399 e. The van der Waals surface area contributed by atoms with Crippen LogP contribution in [0.5, 0.6) is 0 Å². The molecular weight excluding hydrogens is 254 g/mol. The van der Waals surface area contributed by atoms with E-state index in [1.54, 1.807) is 36.4 Å². The molecule has 2 aromatic carbocycles. The van der Waals surface area contributed by atoms with Gasteiger partial charge in [0.2, 0.25) is 5.91 Å². The van der Waals surface area contributed by atoms with Crippen molar-refractivity contribution in [2.75, 3.05) is 11.1 Å². The van der Waals surface area contributed by atoms with Crippen molar-refractivity contribution in [1.82, 2.24) is 0 Å². The van der Waals surface area contributed by atoms with E-state index in [0.29, 0.717) is 22.5 Å². The Morgan fingerprint density at radius 1 is 1.05 bits per heavy atom. The van der Waals surface area contributed by atoms with Crippen molar-refractivity contribution in [3.05, 3.63) is 59.2 Å². The van der Waals surface area contributed by atoms with Crippen molar-refractivity contribution in [2.45, 2.75) is 6.92 Å². The number of carbonyl (C=O) groups is 2. The summed E-state index contributed by atoms with van der Waals surface area (Å²) in [6.45, 7) is 1.83. The summed E-state index contributed by atoms with van der Waals surface area (Å²) >= 11 is 0. The van der Waals surface area contributed by atoms with Gasteiger partial charge in [-0.1, -0.05) is 6.07 Å². The smallest absolute Gasteiger partial charge is 0.255 e. The Kier molecular flexibility index (Phi) is 3.70. The highest BCUT2D eigenvalue weighted by Crippen LogP contribution is 2.15. The van der Waals surface area contributed by atoms with Gasteiger partial charge in [-0.05, 0) is 48.9 Å². The number of nitrogens with two attached hydrogens (primary N) is 2. The van der Waals surface area contributed by atoms with Gasteiger partial charge in [-0.3, -0.25) is 9.59 Å². The molecule has 0 aliphatic carbocycles. The highest BCUT2D eigenvalue weighted by Gasteiger charge is 2.08. The fourth-order valence-corrected chi connectivity index (χ4v) is 1.77. The zero-order chi connectivity index (χ0) is 14.7. The predicted octanol–water partition coefficient (Wildman–Crippen LogP) is 1.93. The number of carbonyl (C=O) groups excluding carboxylic acids is 2. The molecular formula is C15H15N3O2. The fourth-order valence-electron chi connectivity index (χ4n) is 1.77. The van der Waals surface area contributed by atoms with Gasteiger partial charge in [0.05, 0.1) is 0 Å². The molecule has 0 bridgehead atoms. The lowest BCUT2D eigenvalue weighted by Gasteiger charge is -2.08. The molecule has 0 aromatic heterocycles. The van der Waals surface area contributed by atoms with Crippen molar-refractivity contribution in [3.8, 4) is 0 Å². The number of anilines is 2. The molecule has 5 heteroatoms. The average molecular weight is 269 g/mol. The van der Waals surface area contributed by atoms with Crippen LogP contribution in [0.4, 0.5) is 11.4 Å². The Bertz CT molecular complexity index is 681. The van der Waals surface area contributed by atoms with Gasteiger partial charge in [0.1, 0.15) is 0 Å². The topological polar surface area (TPSA) is 98.2 Å². The molecule has 0 radical (unpaired) electrons. The van der Waals surface area contributed by atoms with Crippen LogP contribution >= 0.6 is 0 Å². The standard InChI is InChI=1S/C15H15N3O2/c1-9-7-11(5-6-13(9)16)15(20)18-12-4-2-3-10(8-12)14(17)19/h2-8H,16H2,1H3,(H2,17,19)(H,18,20). The maximum absolute atomic E-state index is 12.1. The zero-order valence-electron chi connectivity index (χ0n) is 11.0. The van der Waals surface area contributed by atoms with Crippen LogP contribution in [-0.2, 0) is 0 Å². The maximum Gasteiger partial charge on any atom is 0.255 e. The van der Waals surface area contributed by atoms with E-state index in [1.807, 2.05) is 6.92 Å². The molecule has 0 saturated carbocycles. The van der Waals surface area contributed by atoms with Crippen LogP contribution in [-0.4, -0.2) is 11.8 Å². The number of benzene rings is 2. The minimum absolute atomic E-state index is 0.269. The Morgan fingerprint density at radius 2 is 1.80 bits per heavy atom. The first-order valence-electron chi connectivity index (χ1n) is 6.04. The molecule has 20 heavy (non-hydrogen) atoms. The molecule has 2 amide bonds. The van der Waals surface area contributed by atoms with Gasteiger partial charge in [0, 0.05) is 22.5 Å². The van der Waals surface area contributed by atoms with Gasteiger partial charge < -0.3 is 16.8 Å².